The molecular weight excluding hydrogens is 295 g/mol. The molecule has 1 N–H and O–H groups in total. The summed E-state index contributed by atoms with van der Waals surface area (Å²) in [5.74, 6) is 1.28. The molecule has 0 fully saturated rings. The van der Waals surface area contributed by atoms with Gasteiger partial charge in [-0.3, -0.25) is 0 Å². The van der Waals surface area contributed by atoms with E-state index in [9.17, 15) is 13.2 Å². The molecule has 0 unspecified atom stereocenters. The summed E-state index contributed by atoms with van der Waals surface area (Å²) < 4.78 is 47.5. The van der Waals surface area contributed by atoms with E-state index in [0.717, 1.165) is 5.56 Å². The Morgan fingerprint density at radius 3 is 2.75 bits per heavy atom. The molecule has 0 radical (unpaired) electrons. The Morgan fingerprint density at radius 1 is 1.20 bits per heavy atom. The predicted octanol–water partition coefficient (Wildman–Crippen LogP) is 2.90. The fourth-order valence-corrected chi connectivity index (χ4v) is 2.24. The highest BCUT2D eigenvalue weighted by atomic mass is 32.1. The van der Waals surface area contributed by atoms with Gasteiger partial charge in [0.2, 0.25) is 16.9 Å². The zero-order valence-corrected chi connectivity index (χ0v) is 10.7. The van der Waals surface area contributed by atoms with E-state index in [0.29, 0.717) is 29.4 Å². The average Bonchev–Trinajstić information content (AvgIpc) is 3.04. The molecule has 0 saturated carbocycles. The molecule has 1 aliphatic rings. The van der Waals surface area contributed by atoms with Crippen LogP contribution in [-0.2, 0) is 12.7 Å². The van der Waals surface area contributed by atoms with Crippen LogP contribution in [0.25, 0.3) is 0 Å². The summed E-state index contributed by atoms with van der Waals surface area (Å²) in [6.07, 6.45) is -4.46. The second kappa shape index (κ2) is 4.82. The van der Waals surface area contributed by atoms with Gasteiger partial charge in [-0.2, -0.15) is 13.2 Å². The maximum atomic E-state index is 12.4. The van der Waals surface area contributed by atoms with Crippen LogP contribution in [0.3, 0.4) is 0 Å². The molecule has 5 nitrogen and oxygen atoms in total. The van der Waals surface area contributed by atoms with Gasteiger partial charge in [-0.05, 0) is 17.7 Å². The maximum Gasteiger partial charge on any atom is 0.445 e. The summed E-state index contributed by atoms with van der Waals surface area (Å²) in [5, 5.41) is 8.49. The van der Waals surface area contributed by atoms with Gasteiger partial charge in [0.15, 0.2) is 11.5 Å². The molecule has 20 heavy (non-hydrogen) atoms. The first-order valence-electron chi connectivity index (χ1n) is 5.55. The highest BCUT2D eigenvalue weighted by Crippen LogP contribution is 2.34. The van der Waals surface area contributed by atoms with Crippen molar-refractivity contribution in [2.75, 3.05) is 12.1 Å². The number of halogens is 3. The SMILES string of the molecule is FC(F)(F)c1nnc(NCc2ccc3c(c2)OCO3)s1. The Labute approximate surface area is 115 Å². The molecule has 0 aliphatic carbocycles. The minimum atomic E-state index is -4.46. The normalized spacial score (nSPS) is 13.6. The summed E-state index contributed by atoms with van der Waals surface area (Å²) in [6.45, 7) is 0.501. The standard InChI is InChI=1S/C11H8F3N3O2S/c12-11(13,14)9-16-17-10(20-9)15-4-6-1-2-7-8(3-6)19-5-18-7/h1-3H,4-5H2,(H,15,17). The van der Waals surface area contributed by atoms with Crippen molar-refractivity contribution in [2.24, 2.45) is 0 Å². The number of anilines is 1. The van der Waals surface area contributed by atoms with E-state index in [1.165, 1.54) is 0 Å². The fourth-order valence-electron chi connectivity index (χ4n) is 1.64. The lowest BCUT2D eigenvalue weighted by Crippen LogP contribution is -2.03. The van der Waals surface area contributed by atoms with Crippen molar-refractivity contribution in [3.63, 3.8) is 0 Å². The van der Waals surface area contributed by atoms with Gasteiger partial charge in [-0.25, -0.2) is 0 Å². The number of nitrogens with zero attached hydrogens (tertiary/aromatic N) is 2. The lowest BCUT2D eigenvalue weighted by atomic mass is 10.2. The van der Waals surface area contributed by atoms with Crippen molar-refractivity contribution in [3.8, 4) is 11.5 Å². The van der Waals surface area contributed by atoms with Crippen molar-refractivity contribution in [1.82, 2.24) is 10.2 Å². The molecule has 0 atom stereocenters. The van der Waals surface area contributed by atoms with Crippen molar-refractivity contribution in [2.45, 2.75) is 12.7 Å². The van der Waals surface area contributed by atoms with Gasteiger partial charge in [-0.15, -0.1) is 10.2 Å². The lowest BCUT2D eigenvalue weighted by Gasteiger charge is -2.03. The first-order chi connectivity index (χ1) is 9.52. The van der Waals surface area contributed by atoms with Gasteiger partial charge >= 0.3 is 6.18 Å². The molecule has 0 saturated heterocycles. The topological polar surface area (TPSA) is 56.3 Å². The Morgan fingerprint density at radius 2 is 2.00 bits per heavy atom. The highest BCUT2D eigenvalue weighted by molar-refractivity contribution is 7.15. The zero-order chi connectivity index (χ0) is 14.2. The van der Waals surface area contributed by atoms with Crippen LogP contribution >= 0.6 is 11.3 Å². The Balaban J connectivity index is 1.66. The summed E-state index contributed by atoms with van der Waals surface area (Å²) >= 11 is 0.470. The third-order valence-electron chi connectivity index (χ3n) is 2.55. The molecule has 0 spiro atoms. The number of ether oxygens (including phenoxy) is 2. The van der Waals surface area contributed by atoms with Crippen molar-refractivity contribution < 1.29 is 22.6 Å². The van der Waals surface area contributed by atoms with Crippen LogP contribution in [0, 0.1) is 0 Å². The van der Waals surface area contributed by atoms with Gasteiger partial charge in [0, 0.05) is 6.54 Å². The third-order valence-corrected chi connectivity index (χ3v) is 3.47. The summed E-state index contributed by atoms with van der Waals surface area (Å²) in [6, 6.07) is 5.31. The summed E-state index contributed by atoms with van der Waals surface area (Å²) in [4.78, 5) is 0. The second-order valence-corrected chi connectivity index (χ2v) is 4.93. The van der Waals surface area contributed by atoms with Gasteiger partial charge in [-0.1, -0.05) is 17.4 Å². The highest BCUT2D eigenvalue weighted by Gasteiger charge is 2.35. The summed E-state index contributed by atoms with van der Waals surface area (Å²) in [7, 11) is 0. The quantitative estimate of drug-likeness (QED) is 0.945. The van der Waals surface area contributed by atoms with Crippen LogP contribution in [0.1, 0.15) is 10.6 Å². The number of aromatic nitrogens is 2. The van der Waals surface area contributed by atoms with E-state index in [1.54, 1.807) is 18.2 Å². The van der Waals surface area contributed by atoms with E-state index >= 15 is 0 Å². The smallest absolute Gasteiger partial charge is 0.445 e. The molecule has 0 amide bonds. The Kier molecular flexibility index (Phi) is 3.13. The molecule has 1 aliphatic heterocycles. The van der Waals surface area contributed by atoms with Crippen molar-refractivity contribution in [3.05, 3.63) is 28.8 Å². The molecule has 3 rings (SSSR count). The summed E-state index contributed by atoms with van der Waals surface area (Å²) in [5.41, 5.74) is 0.845. The van der Waals surface area contributed by atoms with Crippen molar-refractivity contribution >= 4 is 16.5 Å². The average molecular weight is 303 g/mol. The number of benzene rings is 1. The van der Waals surface area contributed by atoms with Crippen LogP contribution in [-0.4, -0.2) is 17.0 Å². The number of hydrogen-bond donors (Lipinski definition) is 1. The van der Waals surface area contributed by atoms with Gasteiger partial charge in [0.1, 0.15) is 0 Å². The van der Waals surface area contributed by atoms with Gasteiger partial charge < -0.3 is 14.8 Å². The number of alkyl halides is 3. The second-order valence-electron chi connectivity index (χ2n) is 3.95. The number of fused-ring (bicyclic) bond motifs is 1. The zero-order valence-electron chi connectivity index (χ0n) is 9.90. The molecule has 2 aromatic rings. The first-order valence-corrected chi connectivity index (χ1v) is 6.37. The molecular formula is C11H8F3N3O2S. The predicted molar refractivity (Wildman–Crippen MR) is 64.8 cm³/mol. The van der Waals surface area contributed by atoms with E-state index < -0.39 is 11.2 Å². The van der Waals surface area contributed by atoms with E-state index in [4.69, 9.17) is 9.47 Å². The van der Waals surface area contributed by atoms with Gasteiger partial charge in [0.25, 0.3) is 0 Å². The fraction of sp³-hybridized carbons (Fsp3) is 0.273. The maximum absolute atomic E-state index is 12.4. The van der Waals surface area contributed by atoms with Crippen molar-refractivity contribution in [1.29, 1.82) is 0 Å². The van der Waals surface area contributed by atoms with Crippen LogP contribution in [0.5, 0.6) is 11.5 Å². The molecule has 1 aromatic carbocycles. The Bertz CT molecular complexity index is 630. The molecule has 2 heterocycles. The molecule has 1 aromatic heterocycles. The van der Waals surface area contributed by atoms with Crippen LogP contribution in [0.15, 0.2) is 18.2 Å². The van der Waals surface area contributed by atoms with E-state index in [2.05, 4.69) is 15.5 Å². The van der Waals surface area contributed by atoms with E-state index in [1.807, 2.05) is 0 Å². The van der Waals surface area contributed by atoms with Crippen LogP contribution < -0.4 is 14.8 Å². The largest absolute Gasteiger partial charge is 0.454 e. The minimum Gasteiger partial charge on any atom is -0.454 e. The molecule has 0 bridgehead atoms. The Hall–Kier alpha value is -2.03. The monoisotopic (exact) mass is 303 g/mol. The number of hydrogen-bond acceptors (Lipinski definition) is 6. The van der Waals surface area contributed by atoms with E-state index in [-0.39, 0.29) is 11.9 Å². The molecule has 9 heteroatoms. The van der Waals surface area contributed by atoms with Crippen LogP contribution in [0.4, 0.5) is 18.3 Å². The third kappa shape index (κ3) is 2.62. The first kappa shape index (κ1) is 13.0. The lowest BCUT2D eigenvalue weighted by molar-refractivity contribution is -0.138. The van der Waals surface area contributed by atoms with Crippen LogP contribution in [0.2, 0.25) is 0 Å². The number of rotatable bonds is 3. The van der Waals surface area contributed by atoms with Gasteiger partial charge in [0.05, 0.1) is 0 Å². The minimum absolute atomic E-state index is 0.120. The number of nitrogens with one attached hydrogen (secondary N) is 1. The molecule has 106 valence electrons.